The van der Waals surface area contributed by atoms with Crippen LogP contribution in [-0.4, -0.2) is 40.7 Å². The molecular formula is C10H27NO2. The minimum atomic E-state index is 0. The summed E-state index contributed by atoms with van der Waals surface area (Å²) in [5, 5.41) is 7.57. The summed E-state index contributed by atoms with van der Waals surface area (Å²) in [5.41, 5.74) is 0. The van der Waals surface area contributed by atoms with Crippen LogP contribution in [-0.2, 0) is 0 Å². The Balaban J connectivity index is -0.000000220. The van der Waals surface area contributed by atoms with Crippen LogP contribution in [0.1, 0.15) is 41.5 Å². The molecule has 0 bridgehead atoms. The van der Waals surface area contributed by atoms with Gasteiger partial charge in [-0.15, -0.1) is 0 Å². The average molecular weight is 193 g/mol. The Morgan fingerprint density at radius 2 is 1.23 bits per heavy atom. The van der Waals surface area contributed by atoms with E-state index in [2.05, 4.69) is 39.5 Å². The third-order valence-electron chi connectivity index (χ3n) is 1.69. The molecule has 0 aromatic heterocycles. The topological polar surface area (TPSA) is 55.0 Å². The first kappa shape index (κ1) is 18.6. The lowest BCUT2D eigenvalue weighted by Gasteiger charge is -2.28. The van der Waals surface area contributed by atoms with Crippen molar-refractivity contribution in [1.82, 2.24) is 4.90 Å². The zero-order chi connectivity index (χ0) is 10.1. The first-order valence-electron chi connectivity index (χ1n) is 4.87. The predicted molar refractivity (Wildman–Crippen MR) is 59.0 cm³/mol. The maximum absolute atomic E-state index is 7.57. The summed E-state index contributed by atoms with van der Waals surface area (Å²) in [6.45, 7) is 14.3. The molecule has 0 heterocycles. The molecule has 0 fully saturated rings. The summed E-state index contributed by atoms with van der Waals surface area (Å²) in [4.78, 5) is 2.46. The SMILES string of the molecule is CCN(C(C)C)C(C)C.CCO.O. The highest BCUT2D eigenvalue weighted by Gasteiger charge is 2.08. The molecule has 3 N–H and O–H groups in total. The van der Waals surface area contributed by atoms with Crippen LogP contribution in [0.25, 0.3) is 0 Å². The van der Waals surface area contributed by atoms with Crippen LogP contribution in [0, 0.1) is 0 Å². The van der Waals surface area contributed by atoms with Gasteiger partial charge in [-0.05, 0) is 41.2 Å². The fraction of sp³-hybridized carbons (Fsp3) is 1.00. The number of hydrogen-bond donors (Lipinski definition) is 1. The number of hydrogen-bond acceptors (Lipinski definition) is 2. The van der Waals surface area contributed by atoms with Crippen LogP contribution in [0.3, 0.4) is 0 Å². The molecule has 0 aliphatic rings. The maximum Gasteiger partial charge on any atom is 0.0402 e. The van der Waals surface area contributed by atoms with Crippen molar-refractivity contribution in [3.8, 4) is 0 Å². The lowest BCUT2D eigenvalue weighted by molar-refractivity contribution is 0.185. The molecule has 0 spiro atoms. The van der Waals surface area contributed by atoms with Gasteiger partial charge >= 0.3 is 0 Å². The fourth-order valence-electron chi connectivity index (χ4n) is 1.33. The Kier molecular flexibility index (Phi) is 17.0. The van der Waals surface area contributed by atoms with Gasteiger partial charge in [0, 0.05) is 18.7 Å². The second kappa shape index (κ2) is 11.9. The minimum Gasteiger partial charge on any atom is -0.412 e. The van der Waals surface area contributed by atoms with Crippen molar-refractivity contribution in [3.63, 3.8) is 0 Å². The largest absolute Gasteiger partial charge is 0.412 e. The Hall–Kier alpha value is -0.120. The summed E-state index contributed by atoms with van der Waals surface area (Å²) < 4.78 is 0. The zero-order valence-corrected chi connectivity index (χ0v) is 9.96. The van der Waals surface area contributed by atoms with Crippen molar-refractivity contribution >= 4 is 0 Å². The van der Waals surface area contributed by atoms with Gasteiger partial charge in [-0.1, -0.05) is 6.92 Å². The van der Waals surface area contributed by atoms with E-state index < -0.39 is 0 Å². The van der Waals surface area contributed by atoms with Gasteiger partial charge in [0.15, 0.2) is 0 Å². The van der Waals surface area contributed by atoms with Crippen molar-refractivity contribution in [2.75, 3.05) is 13.2 Å². The van der Waals surface area contributed by atoms with E-state index in [1.807, 2.05) is 0 Å². The summed E-state index contributed by atoms with van der Waals surface area (Å²) >= 11 is 0. The molecule has 0 unspecified atom stereocenters. The third-order valence-corrected chi connectivity index (χ3v) is 1.69. The number of aliphatic hydroxyl groups is 1. The van der Waals surface area contributed by atoms with Gasteiger partial charge in [0.25, 0.3) is 0 Å². The molecular weight excluding hydrogens is 166 g/mol. The second-order valence-corrected chi connectivity index (χ2v) is 3.33. The summed E-state index contributed by atoms with van der Waals surface area (Å²) in [5.74, 6) is 0. The van der Waals surface area contributed by atoms with Gasteiger partial charge in [-0.25, -0.2) is 0 Å². The van der Waals surface area contributed by atoms with E-state index in [9.17, 15) is 0 Å². The summed E-state index contributed by atoms with van der Waals surface area (Å²) in [6.07, 6.45) is 0. The third kappa shape index (κ3) is 11.9. The van der Waals surface area contributed by atoms with E-state index in [0.29, 0.717) is 12.1 Å². The van der Waals surface area contributed by atoms with Crippen LogP contribution >= 0.6 is 0 Å². The molecule has 13 heavy (non-hydrogen) atoms. The average Bonchev–Trinajstić information content (AvgIpc) is 1.88. The van der Waals surface area contributed by atoms with Crippen LogP contribution < -0.4 is 0 Å². The van der Waals surface area contributed by atoms with Crippen molar-refractivity contribution < 1.29 is 10.6 Å². The summed E-state index contributed by atoms with van der Waals surface area (Å²) in [7, 11) is 0. The molecule has 0 radical (unpaired) electrons. The highest BCUT2D eigenvalue weighted by Crippen LogP contribution is 2.02. The Bertz CT molecular complexity index is 77.0. The number of nitrogens with zero attached hydrogens (tertiary/aromatic N) is 1. The highest BCUT2D eigenvalue weighted by atomic mass is 16.2. The smallest absolute Gasteiger partial charge is 0.0402 e. The Labute approximate surface area is 83.1 Å². The minimum absolute atomic E-state index is 0. The zero-order valence-electron chi connectivity index (χ0n) is 9.96. The highest BCUT2D eigenvalue weighted by molar-refractivity contribution is 4.64. The van der Waals surface area contributed by atoms with Crippen LogP contribution in [0.2, 0.25) is 0 Å². The lowest BCUT2D eigenvalue weighted by Crippen LogP contribution is -2.36. The van der Waals surface area contributed by atoms with Crippen molar-refractivity contribution in [2.45, 2.75) is 53.6 Å². The van der Waals surface area contributed by atoms with Crippen molar-refractivity contribution in [2.24, 2.45) is 0 Å². The molecule has 3 nitrogen and oxygen atoms in total. The van der Waals surface area contributed by atoms with Crippen molar-refractivity contribution in [3.05, 3.63) is 0 Å². The molecule has 3 heteroatoms. The quantitative estimate of drug-likeness (QED) is 0.734. The van der Waals surface area contributed by atoms with Gasteiger partial charge in [-0.2, -0.15) is 0 Å². The standard InChI is InChI=1S/C8H19N.C2H6O.H2O/c1-6-9(7(2)3)8(4)5;1-2-3;/h7-8H,6H2,1-5H3;3H,2H2,1H3;1H2. The first-order chi connectivity index (χ1) is 5.51. The molecule has 0 amide bonds. The molecule has 0 atom stereocenters. The first-order valence-corrected chi connectivity index (χ1v) is 4.87. The lowest BCUT2D eigenvalue weighted by atomic mass is 10.2. The number of aliphatic hydroxyl groups excluding tert-OH is 1. The molecule has 84 valence electrons. The van der Waals surface area contributed by atoms with E-state index in [1.54, 1.807) is 6.92 Å². The summed E-state index contributed by atoms with van der Waals surface area (Å²) in [6, 6.07) is 1.38. The molecule has 0 saturated heterocycles. The molecule has 0 rings (SSSR count). The van der Waals surface area contributed by atoms with Crippen LogP contribution in [0.4, 0.5) is 0 Å². The molecule has 0 aliphatic heterocycles. The van der Waals surface area contributed by atoms with Gasteiger partial charge in [0.05, 0.1) is 0 Å². The fourth-order valence-corrected chi connectivity index (χ4v) is 1.33. The van der Waals surface area contributed by atoms with E-state index in [0.717, 1.165) is 6.54 Å². The van der Waals surface area contributed by atoms with Gasteiger partial charge < -0.3 is 10.6 Å². The molecule has 0 aromatic rings. The van der Waals surface area contributed by atoms with E-state index in [4.69, 9.17) is 5.11 Å². The van der Waals surface area contributed by atoms with E-state index >= 15 is 0 Å². The van der Waals surface area contributed by atoms with Gasteiger partial charge in [-0.3, -0.25) is 4.90 Å². The molecule has 0 aliphatic carbocycles. The van der Waals surface area contributed by atoms with Gasteiger partial charge in [0.1, 0.15) is 0 Å². The monoisotopic (exact) mass is 193 g/mol. The van der Waals surface area contributed by atoms with Crippen LogP contribution in [0.5, 0.6) is 0 Å². The predicted octanol–water partition coefficient (Wildman–Crippen LogP) is 1.30. The number of rotatable bonds is 3. The normalized spacial score (nSPS) is 9.69. The second-order valence-electron chi connectivity index (χ2n) is 3.33. The maximum atomic E-state index is 7.57. The van der Waals surface area contributed by atoms with Crippen LogP contribution in [0.15, 0.2) is 0 Å². The Morgan fingerprint density at radius 3 is 1.23 bits per heavy atom. The van der Waals surface area contributed by atoms with E-state index in [1.165, 1.54) is 0 Å². The Morgan fingerprint density at radius 1 is 1.00 bits per heavy atom. The van der Waals surface area contributed by atoms with Gasteiger partial charge in [0.2, 0.25) is 0 Å². The van der Waals surface area contributed by atoms with E-state index in [-0.39, 0.29) is 12.1 Å². The van der Waals surface area contributed by atoms with Crippen molar-refractivity contribution in [1.29, 1.82) is 0 Å². The molecule has 0 saturated carbocycles. The molecule has 0 aromatic carbocycles.